The minimum Gasteiger partial charge on any atom is -0.393 e. The Bertz CT molecular complexity index is 433. The molecule has 1 aromatic heterocycles. The highest BCUT2D eigenvalue weighted by atomic mass is 79.9. The first-order valence-corrected chi connectivity index (χ1v) is 7.81. The summed E-state index contributed by atoms with van der Waals surface area (Å²) in [5.41, 5.74) is 0.702. The number of rotatable bonds is 2. The summed E-state index contributed by atoms with van der Waals surface area (Å²) in [5, 5.41) is 9.53. The third-order valence-corrected chi connectivity index (χ3v) is 5.42. The van der Waals surface area contributed by atoms with Crippen LogP contribution in [0.4, 0.5) is 0 Å². The predicted octanol–water partition coefficient (Wildman–Crippen LogP) is 3.12. The van der Waals surface area contributed by atoms with Gasteiger partial charge in [-0.25, -0.2) is 0 Å². The normalized spacial score (nSPS) is 21.9. The quantitative estimate of drug-likeness (QED) is 0.853. The van der Waals surface area contributed by atoms with Crippen molar-refractivity contribution < 1.29 is 9.90 Å². The van der Waals surface area contributed by atoms with Crippen molar-refractivity contribution in [1.82, 2.24) is 4.90 Å². The molecule has 94 valence electrons. The number of nitrogens with zero attached hydrogens (tertiary/aromatic N) is 1. The van der Waals surface area contributed by atoms with E-state index in [9.17, 15) is 9.90 Å². The predicted molar refractivity (Wildman–Crippen MR) is 75.4 cm³/mol. The molecule has 0 bridgehead atoms. The summed E-state index contributed by atoms with van der Waals surface area (Å²) in [6.07, 6.45) is 0.539. The first-order valence-electron chi connectivity index (χ1n) is 5.41. The number of hydrogen-bond acceptors (Lipinski definition) is 3. The highest BCUT2D eigenvalue weighted by Gasteiger charge is 2.30. The van der Waals surface area contributed by atoms with Crippen molar-refractivity contribution >= 4 is 49.1 Å². The largest absolute Gasteiger partial charge is 0.393 e. The molecule has 2 atom stereocenters. The van der Waals surface area contributed by atoms with Gasteiger partial charge in [0.2, 0.25) is 0 Å². The van der Waals surface area contributed by atoms with Crippen LogP contribution in [0, 0.1) is 5.92 Å². The Balaban J connectivity index is 2.09. The summed E-state index contributed by atoms with van der Waals surface area (Å²) in [6.45, 7) is 3.17. The second-order valence-electron chi connectivity index (χ2n) is 4.28. The Hall–Kier alpha value is 0.0900. The van der Waals surface area contributed by atoms with Crippen LogP contribution in [0.1, 0.15) is 23.7 Å². The van der Waals surface area contributed by atoms with E-state index in [2.05, 4.69) is 31.9 Å². The molecule has 1 fully saturated rings. The number of likely N-dealkylation sites (tertiary alicyclic amines) is 1. The lowest BCUT2D eigenvalue weighted by Gasteiger charge is -2.17. The van der Waals surface area contributed by atoms with Gasteiger partial charge in [0, 0.05) is 19.0 Å². The molecule has 2 heterocycles. The molecule has 3 nitrogen and oxygen atoms in total. The van der Waals surface area contributed by atoms with Crippen LogP contribution in [0.25, 0.3) is 0 Å². The Kier molecular flexibility index (Phi) is 4.28. The summed E-state index contributed by atoms with van der Waals surface area (Å²) in [6, 6.07) is 1.84. The molecule has 2 unspecified atom stereocenters. The van der Waals surface area contributed by atoms with Crippen molar-refractivity contribution in [3.8, 4) is 0 Å². The first kappa shape index (κ1) is 13.5. The van der Waals surface area contributed by atoms with Gasteiger partial charge in [-0.15, -0.1) is 11.3 Å². The van der Waals surface area contributed by atoms with Gasteiger partial charge in [-0.2, -0.15) is 0 Å². The van der Waals surface area contributed by atoms with Crippen molar-refractivity contribution in [1.29, 1.82) is 0 Å². The zero-order valence-corrected chi connectivity index (χ0v) is 13.3. The van der Waals surface area contributed by atoms with Crippen LogP contribution in [-0.2, 0) is 0 Å². The lowest BCUT2D eigenvalue weighted by atomic mass is 10.0. The van der Waals surface area contributed by atoms with Gasteiger partial charge >= 0.3 is 0 Å². The third kappa shape index (κ3) is 2.92. The molecule has 1 aromatic rings. The van der Waals surface area contributed by atoms with Crippen molar-refractivity contribution in [3.63, 3.8) is 0 Å². The van der Waals surface area contributed by atoms with Gasteiger partial charge in [-0.1, -0.05) is 0 Å². The number of halogens is 2. The summed E-state index contributed by atoms with van der Waals surface area (Å²) in [5.74, 6) is 0.252. The van der Waals surface area contributed by atoms with E-state index in [-0.39, 0.29) is 17.9 Å². The second kappa shape index (κ2) is 5.38. The lowest BCUT2D eigenvalue weighted by molar-refractivity contribution is 0.0762. The van der Waals surface area contributed by atoms with Crippen LogP contribution in [-0.4, -0.2) is 35.1 Å². The average molecular weight is 383 g/mol. The summed E-state index contributed by atoms with van der Waals surface area (Å²) < 4.78 is 1.80. The summed E-state index contributed by atoms with van der Waals surface area (Å²) in [7, 11) is 0. The monoisotopic (exact) mass is 381 g/mol. The fraction of sp³-hybridized carbons (Fsp3) is 0.545. The van der Waals surface area contributed by atoms with Crippen LogP contribution in [0.15, 0.2) is 13.6 Å². The molecule has 0 aromatic carbocycles. The molecule has 6 heteroatoms. The van der Waals surface area contributed by atoms with Crippen LogP contribution in [0.3, 0.4) is 0 Å². The molecular weight excluding hydrogens is 370 g/mol. The van der Waals surface area contributed by atoms with Gasteiger partial charge in [0.05, 0.1) is 19.2 Å². The maximum Gasteiger partial charge on any atom is 0.255 e. The number of amides is 1. The van der Waals surface area contributed by atoms with Gasteiger partial charge in [-0.3, -0.25) is 4.79 Å². The lowest BCUT2D eigenvalue weighted by Crippen LogP contribution is -2.30. The molecule has 0 aliphatic carbocycles. The Morgan fingerprint density at radius 3 is 2.82 bits per heavy atom. The molecule has 1 N–H and O–H groups in total. The van der Waals surface area contributed by atoms with E-state index in [1.165, 1.54) is 11.3 Å². The van der Waals surface area contributed by atoms with Crippen LogP contribution < -0.4 is 0 Å². The number of thiophene rings is 1. The van der Waals surface area contributed by atoms with E-state index in [1.54, 1.807) is 6.92 Å². The Morgan fingerprint density at radius 1 is 1.65 bits per heavy atom. The molecule has 17 heavy (non-hydrogen) atoms. The van der Waals surface area contributed by atoms with E-state index in [4.69, 9.17) is 0 Å². The van der Waals surface area contributed by atoms with E-state index in [0.717, 1.165) is 20.5 Å². The van der Waals surface area contributed by atoms with E-state index in [1.807, 2.05) is 11.0 Å². The van der Waals surface area contributed by atoms with E-state index < -0.39 is 0 Å². The van der Waals surface area contributed by atoms with Gasteiger partial charge < -0.3 is 10.0 Å². The van der Waals surface area contributed by atoms with E-state index in [0.29, 0.717) is 12.1 Å². The molecule has 1 amide bonds. The topological polar surface area (TPSA) is 40.5 Å². The minimum atomic E-state index is -0.342. The third-order valence-electron chi connectivity index (χ3n) is 3.08. The number of hydrogen-bond donors (Lipinski definition) is 1. The molecule has 2 rings (SSSR count). The molecule has 0 radical (unpaired) electrons. The number of aliphatic hydroxyl groups excluding tert-OH is 1. The standard InChI is InChI=1S/C11H13Br2NO2S/c1-6(15)7-2-3-14(5-7)11(16)8-4-9(12)17-10(8)13/h4,6-7,15H,2-3,5H2,1H3. The van der Waals surface area contributed by atoms with Crippen LogP contribution in [0.2, 0.25) is 0 Å². The molecule has 0 spiro atoms. The highest BCUT2D eigenvalue weighted by molar-refractivity contribution is 9.12. The molecule has 1 aliphatic heterocycles. The fourth-order valence-corrected chi connectivity index (χ4v) is 4.80. The highest BCUT2D eigenvalue weighted by Crippen LogP contribution is 2.33. The minimum absolute atomic E-state index is 0.0435. The number of carbonyl (C=O) groups is 1. The molecule has 1 saturated heterocycles. The Morgan fingerprint density at radius 2 is 2.35 bits per heavy atom. The number of carbonyl (C=O) groups excluding carboxylic acids is 1. The maximum atomic E-state index is 12.2. The van der Waals surface area contributed by atoms with Gasteiger partial charge in [-0.05, 0) is 51.3 Å². The maximum absolute atomic E-state index is 12.2. The van der Waals surface area contributed by atoms with Crippen LogP contribution >= 0.6 is 43.2 Å². The van der Waals surface area contributed by atoms with Crippen molar-refractivity contribution in [3.05, 3.63) is 19.2 Å². The Labute approximate surface area is 121 Å². The summed E-state index contributed by atoms with van der Waals surface area (Å²) >= 11 is 8.27. The fourth-order valence-electron chi connectivity index (χ4n) is 2.02. The van der Waals surface area contributed by atoms with Gasteiger partial charge in [0.1, 0.15) is 0 Å². The van der Waals surface area contributed by atoms with Crippen LogP contribution in [0.5, 0.6) is 0 Å². The zero-order valence-electron chi connectivity index (χ0n) is 9.32. The molecule has 0 saturated carbocycles. The second-order valence-corrected chi connectivity index (χ2v) is 8.03. The first-order chi connectivity index (χ1) is 7.99. The van der Waals surface area contributed by atoms with E-state index >= 15 is 0 Å². The van der Waals surface area contributed by atoms with Crippen molar-refractivity contribution in [2.75, 3.05) is 13.1 Å². The molecular formula is C11H13Br2NO2S. The van der Waals surface area contributed by atoms with Gasteiger partial charge in [0.25, 0.3) is 5.91 Å². The van der Waals surface area contributed by atoms with Gasteiger partial charge in [0.15, 0.2) is 0 Å². The van der Waals surface area contributed by atoms with Crippen molar-refractivity contribution in [2.24, 2.45) is 5.92 Å². The summed E-state index contributed by atoms with van der Waals surface area (Å²) in [4.78, 5) is 14.1. The number of aliphatic hydroxyl groups is 1. The SMILES string of the molecule is CC(O)C1CCN(C(=O)c2cc(Br)sc2Br)C1. The van der Waals surface area contributed by atoms with Crippen molar-refractivity contribution in [2.45, 2.75) is 19.4 Å². The smallest absolute Gasteiger partial charge is 0.255 e. The zero-order chi connectivity index (χ0) is 12.6. The molecule has 1 aliphatic rings. The average Bonchev–Trinajstić information content (AvgIpc) is 2.84.